The third kappa shape index (κ3) is 3.71. The lowest BCUT2D eigenvalue weighted by molar-refractivity contribution is -0.175. The number of anilines is 1. The molecule has 0 unspecified atom stereocenters. The van der Waals surface area contributed by atoms with E-state index in [0.717, 1.165) is 17.2 Å². The number of carbonyl (C=O) groups excluding carboxylic acids is 1. The van der Waals surface area contributed by atoms with Crippen LogP contribution in [0, 0.1) is 11.6 Å². The molecule has 2 heterocycles. The first-order chi connectivity index (χ1) is 14.8. The highest BCUT2D eigenvalue weighted by Gasteiger charge is 2.48. The minimum Gasteiger partial charge on any atom is -0.449 e. The van der Waals surface area contributed by atoms with E-state index in [-0.39, 0.29) is 24.6 Å². The van der Waals surface area contributed by atoms with Crippen LogP contribution in [0.5, 0.6) is 5.75 Å². The molecule has 2 fully saturated rings. The van der Waals surface area contributed by atoms with E-state index in [9.17, 15) is 31.9 Å². The number of rotatable bonds is 4. The highest BCUT2D eigenvalue weighted by molar-refractivity contribution is 5.87. The Kier molecular flexibility index (Phi) is 4.82. The van der Waals surface area contributed by atoms with E-state index in [1.54, 1.807) is 5.32 Å². The second-order valence-electron chi connectivity index (χ2n) is 8.11. The Labute approximate surface area is 176 Å². The first kappa shape index (κ1) is 21.8. The zero-order valence-electron chi connectivity index (χ0n) is 16.4. The van der Waals surface area contributed by atoms with Crippen LogP contribution in [0.3, 0.4) is 0 Å². The highest BCUT2D eigenvalue weighted by atomic mass is 19.4. The molecule has 0 radical (unpaired) electrons. The van der Waals surface area contributed by atoms with Crippen LogP contribution in [0.2, 0.25) is 0 Å². The van der Waals surface area contributed by atoms with Crippen molar-refractivity contribution in [3.63, 3.8) is 0 Å². The van der Waals surface area contributed by atoms with Gasteiger partial charge >= 0.3 is 18.2 Å². The van der Waals surface area contributed by atoms with Crippen LogP contribution in [0.15, 0.2) is 17.1 Å². The Balaban J connectivity index is 1.74. The molecule has 1 saturated carbocycles. The van der Waals surface area contributed by atoms with E-state index in [2.05, 4.69) is 4.74 Å². The summed E-state index contributed by atoms with van der Waals surface area (Å²) in [5, 5.41) is 10.2. The summed E-state index contributed by atoms with van der Waals surface area (Å²) in [6, 6.07) is 0.489. The molecule has 1 aromatic heterocycles. The molecular weight excluding hydrogens is 445 g/mol. The molecule has 2 aliphatic rings. The van der Waals surface area contributed by atoms with Gasteiger partial charge < -0.3 is 24.6 Å². The summed E-state index contributed by atoms with van der Waals surface area (Å²) in [7, 11) is 0. The molecule has 32 heavy (non-hydrogen) atoms. The summed E-state index contributed by atoms with van der Waals surface area (Å²) in [6.07, 6.45) is -4.59. The average Bonchev–Trinajstić information content (AvgIpc) is 3.46. The van der Waals surface area contributed by atoms with Gasteiger partial charge in [-0.3, -0.25) is 9.59 Å². The van der Waals surface area contributed by atoms with E-state index in [4.69, 9.17) is 5.11 Å². The lowest BCUT2D eigenvalue weighted by Gasteiger charge is -2.49. The molecule has 1 aliphatic heterocycles. The smallest absolute Gasteiger partial charge is 0.449 e. The molecule has 0 spiro atoms. The molecule has 172 valence electrons. The number of hydrogen-bond acceptors (Lipinski definition) is 5. The maximum Gasteiger partial charge on any atom is 0.511 e. The summed E-state index contributed by atoms with van der Waals surface area (Å²) < 4.78 is 73.6. The first-order valence-corrected chi connectivity index (χ1v) is 9.42. The summed E-state index contributed by atoms with van der Waals surface area (Å²) >= 11 is 0. The van der Waals surface area contributed by atoms with Crippen molar-refractivity contribution in [2.75, 3.05) is 18.0 Å². The standard InChI is InChI=1S/C19H16F5N3O5/c1-18(25-16(29)19(22,23)24)6-26(7-18)14-10(20)4-9-13(12(14)21)27(8-2-3-8)5-11(15(9)28)32-17(30)31/h4-5,8H,2-3,6-7H2,1H3,(H,25,29)(H,30,31). The number of amides is 1. The molecule has 1 saturated heterocycles. The minimum atomic E-state index is -5.10. The fraction of sp³-hybridized carbons (Fsp3) is 0.421. The highest BCUT2D eigenvalue weighted by Crippen LogP contribution is 2.41. The zero-order chi connectivity index (χ0) is 23.6. The number of nitrogens with one attached hydrogen (secondary N) is 1. The molecule has 1 amide bonds. The second kappa shape index (κ2) is 7.07. The Hall–Kier alpha value is -3.38. The van der Waals surface area contributed by atoms with Crippen LogP contribution in [-0.4, -0.2) is 46.5 Å². The molecule has 8 nitrogen and oxygen atoms in total. The predicted octanol–water partition coefficient (Wildman–Crippen LogP) is 2.93. The van der Waals surface area contributed by atoms with Crippen LogP contribution >= 0.6 is 0 Å². The van der Waals surface area contributed by atoms with Gasteiger partial charge in [-0.1, -0.05) is 0 Å². The van der Waals surface area contributed by atoms with Gasteiger partial charge in [0.1, 0.15) is 11.5 Å². The quantitative estimate of drug-likeness (QED) is 0.537. The van der Waals surface area contributed by atoms with Crippen LogP contribution in [-0.2, 0) is 4.79 Å². The maximum absolute atomic E-state index is 15.5. The number of benzene rings is 1. The minimum absolute atomic E-state index is 0.255. The number of hydrogen-bond donors (Lipinski definition) is 2. The number of pyridine rings is 1. The van der Waals surface area contributed by atoms with Gasteiger partial charge in [0.15, 0.2) is 11.6 Å². The van der Waals surface area contributed by atoms with Crippen molar-refractivity contribution in [2.45, 2.75) is 37.5 Å². The van der Waals surface area contributed by atoms with Crippen LogP contribution in [0.1, 0.15) is 25.8 Å². The second-order valence-corrected chi connectivity index (χ2v) is 8.11. The average molecular weight is 461 g/mol. The van der Waals surface area contributed by atoms with Crippen molar-refractivity contribution in [1.29, 1.82) is 0 Å². The van der Waals surface area contributed by atoms with Gasteiger partial charge in [0.05, 0.1) is 22.6 Å². The Bertz CT molecular complexity index is 1200. The van der Waals surface area contributed by atoms with E-state index in [1.165, 1.54) is 11.5 Å². The Morgan fingerprint density at radius 1 is 1.25 bits per heavy atom. The molecule has 1 aromatic carbocycles. The first-order valence-electron chi connectivity index (χ1n) is 9.42. The van der Waals surface area contributed by atoms with Crippen molar-refractivity contribution < 1.29 is 41.4 Å². The number of halogens is 5. The topological polar surface area (TPSA) is 101 Å². The molecule has 0 bridgehead atoms. The molecule has 2 aromatic rings. The van der Waals surface area contributed by atoms with Crippen LogP contribution < -0.4 is 20.4 Å². The molecule has 13 heteroatoms. The predicted molar refractivity (Wildman–Crippen MR) is 99.9 cm³/mol. The van der Waals surface area contributed by atoms with Gasteiger partial charge in [-0.15, -0.1) is 0 Å². The van der Waals surface area contributed by atoms with Gasteiger partial charge in [0.2, 0.25) is 5.43 Å². The summed E-state index contributed by atoms with van der Waals surface area (Å²) in [5.74, 6) is -5.04. The number of ether oxygens (including phenoxy) is 1. The summed E-state index contributed by atoms with van der Waals surface area (Å²) in [6.45, 7) is 0.698. The largest absolute Gasteiger partial charge is 0.511 e. The zero-order valence-corrected chi connectivity index (χ0v) is 16.4. The fourth-order valence-electron chi connectivity index (χ4n) is 3.88. The summed E-state index contributed by atoms with van der Waals surface area (Å²) in [5.41, 5.74) is -3.21. The van der Waals surface area contributed by atoms with Crippen LogP contribution in [0.4, 0.5) is 32.4 Å². The number of carbonyl (C=O) groups is 2. The Morgan fingerprint density at radius 2 is 1.88 bits per heavy atom. The molecule has 0 atom stereocenters. The SMILES string of the molecule is CC1(NC(=O)C(F)(F)F)CN(c2c(F)cc3c(=O)c(OC(=O)O)cn(C4CC4)c3c2F)C1. The van der Waals surface area contributed by atoms with Crippen molar-refractivity contribution in [1.82, 2.24) is 9.88 Å². The van der Waals surface area contributed by atoms with E-state index >= 15 is 4.39 Å². The van der Waals surface area contributed by atoms with Crippen molar-refractivity contribution in [2.24, 2.45) is 0 Å². The van der Waals surface area contributed by atoms with E-state index < -0.39 is 57.7 Å². The van der Waals surface area contributed by atoms with Crippen molar-refractivity contribution >= 4 is 28.7 Å². The molecule has 1 aliphatic carbocycles. The van der Waals surface area contributed by atoms with Gasteiger partial charge in [-0.05, 0) is 25.8 Å². The normalized spacial score (nSPS) is 17.8. The number of alkyl halides is 3. The van der Waals surface area contributed by atoms with Gasteiger partial charge in [-0.2, -0.15) is 13.2 Å². The van der Waals surface area contributed by atoms with Crippen molar-refractivity contribution in [3.8, 4) is 5.75 Å². The van der Waals surface area contributed by atoms with Crippen molar-refractivity contribution in [3.05, 3.63) is 34.1 Å². The lowest BCUT2D eigenvalue weighted by Crippen LogP contribution is -2.70. The maximum atomic E-state index is 15.5. The van der Waals surface area contributed by atoms with E-state index in [1.807, 2.05) is 0 Å². The van der Waals surface area contributed by atoms with Gasteiger partial charge in [0.25, 0.3) is 0 Å². The molecule has 2 N–H and O–H groups in total. The van der Waals surface area contributed by atoms with E-state index in [0.29, 0.717) is 12.8 Å². The number of carboxylic acid groups (broad SMARTS) is 1. The summed E-state index contributed by atoms with van der Waals surface area (Å²) in [4.78, 5) is 35.7. The van der Waals surface area contributed by atoms with Crippen LogP contribution in [0.25, 0.3) is 10.9 Å². The monoisotopic (exact) mass is 461 g/mol. The third-order valence-electron chi connectivity index (χ3n) is 5.36. The molecule has 4 rings (SSSR count). The number of fused-ring (bicyclic) bond motifs is 1. The third-order valence-corrected chi connectivity index (χ3v) is 5.36. The number of nitrogens with zero attached hydrogens (tertiary/aromatic N) is 2. The van der Waals surface area contributed by atoms with Gasteiger partial charge in [-0.25, -0.2) is 13.6 Å². The number of aromatic nitrogens is 1. The Morgan fingerprint density at radius 3 is 2.41 bits per heavy atom. The van der Waals surface area contributed by atoms with Gasteiger partial charge in [0, 0.05) is 19.1 Å². The fourth-order valence-corrected chi connectivity index (χ4v) is 3.88. The lowest BCUT2D eigenvalue weighted by atomic mass is 9.91. The molecular formula is C19H16F5N3O5.